The fourth-order valence-corrected chi connectivity index (χ4v) is 2.93. The summed E-state index contributed by atoms with van der Waals surface area (Å²) in [5.41, 5.74) is 1.94. The molecule has 1 amide bonds. The Labute approximate surface area is 140 Å². The summed E-state index contributed by atoms with van der Waals surface area (Å²) in [5.74, 6) is -0.0760. The van der Waals surface area contributed by atoms with Gasteiger partial charge < -0.3 is 4.90 Å². The van der Waals surface area contributed by atoms with E-state index in [4.69, 9.17) is 0 Å². The molecule has 124 valence electrons. The van der Waals surface area contributed by atoms with Crippen LogP contribution in [-0.4, -0.2) is 39.9 Å². The minimum Gasteiger partial charge on any atom is -0.329 e. The molecule has 0 saturated carbocycles. The van der Waals surface area contributed by atoms with Gasteiger partial charge in [-0.3, -0.25) is 14.9 Å². The number of nitro groups is 1. The first-order valence-corrected chi connectivity index (χ1v) is 7.86. The van der Waals surface area contributed by atoms with Gasteiger partial charge in [0.1, 0.15) is 6.54 Å². The highest BCUT2D eigenvalue weighted by atomic mass is 16.6. The molecule has 1 aliphatic rings. The lowest BCUT2D eigenvalue weighted by molar-refractivity contribution is -0.553. The highest BCUT2D eigenvalue weighted by Crippen LogP contribution is 2.17. The molecule has 0 aromatic heterocycles. The van der Waals surface area contributed by atoms with E-state index in [0.29, 0.717) is 13.1 Å². The molecule has 3 rings (SSSR count). The molecule has 1 aliphatic heterocycles. The van der Waals surface area contributed by atoms with Gasteiger partial charge in [-0.2, -0.15) is 0 Å². The number of piperazine rings is 1. The van der Waals surface area contributed by atoms with Gasteiger partial charge >= 0.3 is 0 Å². The summed E-state index contributed by atoms with van der Waals surface area (Å²) >= 11 is 0. The van der Waals surface area contributed by atoms with Crippen LogP contribution in [0.4, 0.5) is 0 Å². The molecule has 1 atom stereocenters. The lowest BCUT2D eigenvalue weighted by Gasteiger charge is -2.36. The third kappa shape index (κ3) is 3.78. The van der Waals surface area contributed by atoms with E-state index in [0.717, 1.165) is 11.1 Å². The van der Waals surface area contributed by atoms with Crippen LogP contribution in [0.2, 0.25) is 0 Å². The molecule has 1 saturated heterocycles. The summed E-state index contributed by atoms with van der Waals surface area (Å²) in [6.07, 6.45) is -0.883. The highest BCUT2D eigenvalue weighted by molar-refractivity contribution is 5.79. The summed E-state index contributed by atoms with van der Waals surface area (Å²) in [5, 5.41) is 11.5. The van der Waals surface area contributed by atoms with Gasteiger partial charge in [0.2, 0.25) is 5.91 Å². The molecule has 0 N–H and O–H groups in total. The molecular weight excluding hydrogens is 306 g/mol. The second kappa shape index (κ2) is 7.23. The molecular formula is C18H19N3O3. The van der Waals surface area contributed by atoms with E-state index in [-0.39, 0.29) is 23.9 Å². The predicted octanol–water partition coefficient (Wildman–Crippen LogP) is 2.13. The third-order valence-electron chi connectivity index (χ3n) is 4.18. The fourth-order valence-electron chi connectivity index (χ4n) is 2.93. The standard InChI is InChI=1S/C18H19N3O3/c22-18-14-19(11-15-7-3-1-4-8-15)17(21(23)24)13-20(18)12-16-9-5-2-6-10-16/h1-10,17H,11-14H2. The Bertz CT molecular complexity index is 706. The minimum absolute atomic E-state index is 0.0629. The number of hydrogen-bond acceptors (Lipinski definition) is 4. The van der Waals surface area contributed by atoms with Gasteiger partial charge in [-0.15, -0.1) is 0 Å². The third-order valence-corrected chi connectivity index (χ3v) is 4.18. The lowest BCUT2D eigenvalue weighted by atomic mass is 10.1. The van der Waals surface area contributed by atoms with Crippen LogP contribution in [0.25, 0.3) is 0 Å². The Morgan fingerprint density at radius 3 is 2.04 bits per heavy atom. The zero-order chi connectivity index (χ0) is 16.9. The fraction of sp³-hybridized carbons (Fsp3) is 0.278. The second-order valence-electron chi connectivity index (χ2n) is 5.92. The molecule has 6 heteroatoms. The number of carbonyl (C=O) groups is 1. The Balaban J connectivity index is 1.73. The topological polar surface area (TPSA) is 66.7 Å². The van der Waals surface area contributed by atoms with E-state index in [2.05, 4.69) is 0 Å². The van der Waals surface area contributed by atoms with Crippen molar-refractivity contribution in [2.45, 2.75) is 19.3 Å². The Kier molecular flexibility index (Phi) is 4.86. The average molecular weight is 325 g/mol. The predicted molar refractivity (Wildman–Crippen MR) is 89.5 cm³/mol. The summed E-state index contributed by atoms with van der Waals surface area (Å²) in [6, 6.07) is 19.1. The van der Waals surface area contributed by atoms with E-state index >= 15 is 0 Å². The largest absolute Gasteiger partial charge is 0.329 e. The number of nitrogens with zero attached hydrogens (tertiary/aromatic N) is 3. The van der Waals surface area contributed by atoms with Crippen LogP contribution in [0.1, 0.15) is 11.1 Å². The van der Waals surface area contributed by atoms with E-state index in [1.807, 2.05) is 60.7 Å². The van der Waals surface area contributed by atoms with E-state index in [9.17, 15) is 14.9 Å². The van der Waals surface area contributed by atoms with Crippen molar-refractivity contribution in [3.8, 4) is 0 Å². The molecule has 2 aromatic rings. The van der Waals surface area contributed by atoms with E-state index < -0.39 is 6.17 Å². The van der Waals surface area contributed by atoms with Crippen molar-refractivity contribution >= 4 is 5.91 Å². The van der Waals surface area contributed by atoms with Gasteiger partial charge in [-0.1, -0.05) is 60.7 Å². The summed E-state index contributed by atoms with van der Waals surface area (Å²) in [7, 11) is 0. The van der Waals surface area contributed by atoms with Crippen molar-refractivity contribution in [2.24, 2.45) is 0 Å². The molecule has 2 aromatic carbocycles. The van der Waals surface area contributed by atoms with Crippen molar-refractivity contribution in [1.82, 2.24) is 9.80 Å². The number of amides is 1. The Hall–Kier alpha value is -2.73. The smallest absolute Gasteiger partial charge is 0.286 e. The van der Waals surface area contributed by atoms with Gasteiger partial charge in [-0.25, -0.2) is 4.90 Å². The minimum atomic E-state index is -0.883. The van der Waals surface area contributed by atoms with Crippen LogP contribution in [0.15, 0.2) is 60.7 Å². The van der Waals surface area contributed by atoms with Crippen LogP contribution >= 0.6 is 0 Å². The van der Waals surface area contributed by atoms with Gasteiger partial charge in [-0.05, 0) is 11.1 Å². The maximum atomic E-state index is 12.4. The van der Waals surface area contributed by atoms with Gasteiger partial charge in [0.25, 0.3) is 6.17 Å². The number of hydrogen-bond donors (Lipinski definition) is 0. The van der Waals surface area contributed by atoms with E-state index in [1.165, 1.54) is 0 Å². The first-order valence-electron chi connectivity index (χ1n) is 7.86. The number of carbonyl (C=O) groups excluding carboxylic acids is 1. The quantitative estimate of drug-likeness (QED) is 0.624. The SMILES string of the molecule is O=C1CN(Cc2ccccc2)C([N+](=O)[O-])CN1Cc1ccccc1. The molecule has 1 fully saturated rings. The molecule has 1 heterocycles. The number of benzene rings is 2. The maximum absolute atomic E-state index is 12.4. The van der Waals surface area contributed by atoms with Crippen molar-refractivity contribution in [2.75, 3.05) is 13.1 Å². The summed E-state index contributed by atoms with van der Waals surface area (Å²) in [4.78, 5) is 26.8. The maximum Gasteiger partial charge on any atom is 0.286 e. The second-order valence-corrected chi connectivity index (χ2v) is 5.92. The Morgan fingerprint density at radius 1 is 0.958 bits per heavy atom. The molecule has 1 unspecified atom stereocenters. The average Bonchev–Trinajstić information content (AvgIpc) is 2.59. The first-order chi connectivity index (χ1) is 11.6. The van der Waals surface area contributed by atoms with Crippen molar-refractivity contribution in [3.63, 3.8) is 0 Å². The van der Waals surface area contributed by atoms with Crippen LogP contribution in [0, 0.1) is 10.1 Å². The van der Waals surface area contributed by atoms with Gasteiger partial charge in [0, 0.05) is 18.0 Å². The first kappa shape index (κ1) is 16.1. The van der Waals surface area contributed by atoms with Crippen LogP contribution in [0.3, 0.4) is 0 Å². The van der Waals surface area contributed by atoms with Gasteiger partial charge in [0.15, 0.2) is 0 Å². The number of rotatable bonds is 5. The normalized spacial score (nSPS) is 18.6. The highest BCUT2D eigenvalue weighted by Gasteiger charge is 2.39. The molecule has 0 spiro atoms. The Morgan fingerprint density at radius 2 is 1.50 bits per heavy atom. The van der Waals surface area contributed by atoms with Crippen LogP contribution in [0.5, 0.6) is 0 Å². The van der Waals surface area contributed by atoms with E-state index in [1.54, 1.807) is 9.80 Å². The molecule has 0 radical (unpaired) electrons. The zero-order valence-corrected chi connectivity index (χ0v) is 13.2. The van der Waals surface area contributed by atoms with Crippen LogP contribution in [-0.2, 0) is 17.9 Å². The molecule has 0 aliphatic carbocycles. The zero-order valence-electron chi connectivity index (χ0n) is 13.2. The molecule has 24 heavy (non-hydrogen) atoms. The molecule has 0 bridgehead atoms. The van der Waals surface area contributed by atoms with Gasteiger partial charge in [0.05, 0.1) is 6.54 Å². The lowest BCUT2D eigenvalue weighted by Crippen LogP contribution is -2.58. The summed E-state index contributed by atoms with van der Waals surface area (Å²) < 4.78 is 0. The van der Waals surface area contributed by atoms with Crippen molar-refractivity contribution in [1.29, 1.82) is 0 Å². The summed E-state index contributed by atoms with van der Waals surface area (Å²) in [6.45, 7) is 0.974. The monoisotopic (exact) mass is 325 g/mol. The van der Waals surface area contributed by atoms with Crippen molar-refractivity contribution < 1.29 is 9.72 Å². The van der Waals surface area contributed by atoms with Crippen LogP contribution < -0.4 is 0 Å². The molecule has 6 nitrogen and oxygen atoms in total. The van der Waals surface area contributed by atoms with Crippen molar-refractivity contribution in [3.05, 3.63) is 81.9 Å².